The highest BCUT2D eigenvalue weighted by Crippen LogP contribution is 2.34. The molecule has 0 bridgehead atoms. The van der Waals surface area contributed by atoms with Crippen molar-refractivity contribution in [2.75, 3.05) is 6.61 Å². The molecular weight excluding hydrogens is 412 g/mol. The molecule has 1 unspecified atom stereocenters. The molecule has 1 atom stereocenters. The maximum absolute atomic E-state index is 10.7. The van der Waals surface area contributed by atoms with E-state index in [0.29, 0.717) is 30.8 Å². The summed E-state index contributed by atoms with van der Waals surface area (Å²) >= 11 is 3.61. The highest BCUT2D eigenvalue weighted by molar-refractivity contribution is 9.10. The van der Waals surface area contributed by atoms with Crippen molar-refractivity contribution in [2.45, 2.75) is 46.4 Å². The molecule has 2 rings (SSSR count). The lowest BCUT2D eigenvalue weighted by Crippen LogP contribution is -2.24. The quantitative estimate of drug-likeness (QED) is 0.407. The molecule has 2 aromatic rings. The first-order chi connectivity index (χ1) is 12.9. The summed E-state index contributed by atoms with van der Waals surface area (Å²) in [6, 6.07) is 10.7. The van der Waals surface area contributed by atoms with Crippen LogP contribution in [0.25, 0.3) is 0 Å². The summed E-state index contributed by atoms with van der Waals surface area (Å²) in [4.78, 5) is 10.3. The van der Waals surface area contributed by atoms with Crippen molar-refractivity contribution in [3.05, 3.63) is 62.1 Å². The maximum atomic E-state index is 10.7. The van der Waals surface area contributed by atoms with Crippen LogP contribution in [0.15, 0.2) is 40.9 Å². The number of halogens is 1. The van der Waals surface area contributed by atoms with Gasteiger partial charge in [-0.25, -0.2) is 0 Å². The number of hydrogen-bond acceptors (Lipinski definition) is 5. The largest absolute Gasteiger partial charge is 0.490 e. The first kappa shape index (κ1) is 21.2. The molecule has 0 saturated heterocycles. The molecule has 0 heterocycles. The fourth-order valence-corrected chi connectivity index (χ4v) is 2.86. The monoisotopic (exact) mass is 436 g/mol. The lowest BCUT2D eigenvalue weighted by atomic mass is 10.1. The van der Waals surface area contributed by atoms with E-state index in [1.165, 1.54) is 12.1 Å². The van der Waals surface area contributed by atoms with E-state index in [9.17, 15) is 10.1 Å². The van der Waals surface area contributed by atoms with Gasteiger partial charge in [0, 0.05) is 29.2 Å². The summed E-state index contributed by atoms with van der Waals surface area (Å²) in [6.45, 7) is 7.80. The molecular formula is C20H25BrN2O4. The molecule has 0 aromatic heterocycles. The third-order valence-electron chi connectivity index (χ3n) is 4.21. The topological polar surface area (TPSA) is 73.6 Å². The van der Waals surface area contributed by atoms with Crippen molar-refractivity contribution in [1.29, 1.82) is 0 Å². The second-order valence-corrected chi connectivity index (χ2v) is 7.08. The molecule has 0 aliphatic rings. The molecule has 7 heteroatoms. The fraction of sp³-hybridized carbons (Fsp3) is 0.400. The van der Waals surface area contributed by atoms with E-state index in [4.69, 9.17) is 9.47 Å². The van der Waals surface area contributed by atoms with E-state index < -0.39 is 4.92 Å². The zero-order valence-corrected chi connectivity index (χ0v) is 17.4. The Morgan fingerprint density at radius 1 is 1.15 bits per heavy atom. The van der Waals surface area contributed by atoms with Gasteiger partial charge in [-0.3, -0.25) is 10.1 Å². The zero-order chi connectivity index (χ0) is 19.8. The van der Waals surface area contributed by atoms with Gasteiger partial charge in [-0.05, 0) is 55.7 Å². The Balaban J connectivity index is 2.12. The van der Waals surface area contributed by atoms with Crippen LogP contribution in [-0.2, 0) is 13.2 Å². The van der Waals surface area contributed by atoms with Crippen LogP contribution in [0.2, 0.25) is 0 Å². The molecule has 6 nitrogen and oxygen atoms in total. The molecule has 27 heavy (non-hydrogen) atoms. The summed E-state index contributed by atoms with van der Waals surface area (Å²) in [5, 5.41) is 14.2. The van der Waals surface area contributed by atoms with Gasteiger partial charge in [0.2, 0.25) is 0 Å². The Hall–Kier alpha value is -2.12. The minimum absolute atomic E-state index is 0.0645. The summed E-state index contributed by atoms with van der Waals surface area (Å²) in [7, 11) is 0. The minimum Gasteiger partial charge on any atom is -0.490 e. The Labute approximate surface area is 168 Å². The first-order valence-corrected chi connectivity index (χ1v) is 9.78. The smallest absolute Gasteiger partial charge is 0.269 e. The molecule has 0 aliphatic heterocycles. The van der Waals surface area contributed by atoms with Crippen molar-refractivity contribution < 1.29 is 14.4 Å². The first-order valence-electron chi connectivity index (χ1n) is 8.99. The van der Waals surface area contributed by atoms with Crippen molar-refractivity contribution in [3.63, 3.8) is 0 Å². The van der Waals surface area contributed by atoms with Gasteiger partial charge in [0.15, 0.2) is 11.5 Å². The van der Waals surface area contributed by atoms with Gasteiger partial charge in [0.25, 0.3) is 5.69 Å². The van der Waals surface area contributed by atoms with Crippen LogP contribution in [0, 0.1) is 10.1 Å². The summed E-state index contributed by atoms with van der Waals surface area (Å²) in [5.74, 6) is 1.32. The number of nitro benzene ring substituents is 1. The van der Waals surface area contributed by atoms with Crippen LogP contribution < -0.4 is 14.8 Å². The predicted molar refractivity (Wildman–Crippen MR) is 109 cm³/mol. The predicted octanol–water partition coefficient (Wildman–Crippen LogP) is 5.22. The van der Waals surface area contributed by atoms with E-state index >= 15 is 0 Å². The number of non-ortho nitro benzene ring substituents is 1. The third-order valence-corrected chi connectivity index (χ3v) is 4.95. The molecule has 0 radical (unpaired) electrons. The molecule has 2 aromatic carbocycles. The van der Waals surface area contributed by atoms with Gasteiger partial charge in [-0.15, -0.1) is 0 Å². The lowest BCUT2D eigenvalue weighted by molar-refractivity contribution is -0.384. The summed E-state index contributed by atoms with van der Waals surface area (Å²) in [6.07, 6.45) is 1.06. The Morgan fingerprint density at radius 3 is 2.41 bits per heavy atom. The van der Waals surface area contributed by atoms with E-state index in [-0.39, 0.29) is 5.69 Å². The second kappa shape index (κ2) is 10.3. The number of hydrogen-bond donors (Lipinski definition) is 1. The van der Waals surface area contributed by atoms with Crippen molar-refractivity contribution in [1.82, 2.24) is 5.32 Å². The van der Waals surface area contributed by atoms with Gasteiger partial charge in [-0.1, -0.05) is 22.9 Å². The molecule has 0 spiro atoms. The Bertz CT molecular complexity index is 765. The van der Waals surface area contributed by atoms with Gasteiger partial charge in [0.05, 0.1) is 11.5 Å². The number of nitrogens with one attached hydrogen (secondary N) is 1. The van der Waals surface area contributed by atoms with E-state index in [0.717, 1.165) is 28.6 Å². The van der Waals surface area contributed by atoms with Crippen molar-refractivity contribution in [3.8, 4) is 11.5 Å². The average molecular weight is 437 g/mol. The van der Waals surface area contributed by atoms with Gasteiger partial charge >= 0.3 is 0 Å². The second-order valence-electron chi connectivity index (χ2n) is 6.23. The van der Waals surface area contributed by atoms with Crippen LogP contribution in [0.1, 0.15) is 38.3 Å². The minimum atomic E-state index is -0.416. The lowest BCUT2D eigenvalue weighted by Gasteiger charge is -2.17. The number of benzene rings is 2. The zero-order valence-electron chi connectivity index (χ0n) is 15.8. The fourth-order valence-electron chi connectivity index (χ4n) is 2.40. The third kappa shape index (κ3) is 6.22. The van der Waals surface area contributed by atoms with Crippen LogP contribution >= 0.6 is 15.9 Å². The van der Waals surface area contributed by atoms with Crippen LogP contribution in [0.5, 0.6) is 11.5 Å². The Morgan fingerprint density at radius 2 is 1.81 bits per heavy atom. The number of nitro groups is 1. The molecule has 0 amide bonds. The summed E-state index contributed by atoms with van der Waals surface area (Å²) < 4.78 is 12.6. The van der Waals surface area contributed by atoms with E-state index in [1.54, 1.807) is 12.1 Å². The normalized spacial score (nSPS) is 11.9. The van der Waals surface area contributed by atoms with Crippen LogP contribution in [0.4, 0.5) is 5.69 Å². The number of nitrogens with zero attached hydrogens (tertiary/aromatic N) is 1. The molecule has 0 aliphatic carbocycles. The summed E-state index contributed by atoms with van der Waals surface area (Å²) in [5.41, 5.74) is 2.01. The van der Waals surface area contributed by atoms with Crippen molar-refractivity contribution in [2.24, 2.45) is 0 Å². The highest BCUT2D eigenvalue weighted by Gasteiger charge is 2.12. The molecule has 146 valence electrons. The molecule has 0 saturated carbocycles. The van der Waals surface area contributed by atoms with E-state index in [1.807, 2.05) is 19.1 Å². The van der Waals surface area contributed by atoms with Crippen LogP contribution in [-0.4, -0.2) is 17.6 Å². The number of rotatable bonds is 10. The van der Waals surface area contributed by atoms with Gasteiger partial charge in [0.1, 0.15) is 6.61 Å². The van der Waals surface area contributed by atoms with E-state index in [2.05, 4.69) is 35.1 Å². The number of ether oxygens (including phenoxy) is 2. The van der Waals surface area contributed by atoms with Gasteiger partial charge < -0.3 is 14.8 Å². The molecule has 1 N–H and O–H groups in total. The van der Waals surface area contributed by atoms with Gasteiger partial charge in [-0.2, -0.15) is 0 Å². The highest BCUT2D eigenvalue weighted by atomic mass is 79.9. The molecule has 0 fully saturated rings. The standard InChI is InChI=1S/C20H25BrN2O4/c1-4-14(3)22-12-16-10-19(26-5-2)20(11-18(16)21)27-13-15-6-8-17(9-7-15)23(24)25/h6-11,14,22H,4-5,12-13H2,1-3H3. The maximum Gasteiger partial charge on any atom is 0.269 e. The SMILES string of the molecule is CCOc1cc(CNC(C)CC)c(Br)cc1OCc1ccc([N+](=O)[O-])cc1. The average Bonchev–Trinajstić information content (AvgIpc) is 2.67. The van der Waals surface area contributed by atoms with Crippen LogP contribution in [0.3, 0.4) is 0 Å². The van der Waals surface area contributed by atoms with Crippen molar-refractivity contribution >= 4 is 21.6 Å². The Kier molecular flexibility index (Phi) is 8.06.